The summed E-state index contributed by atoms with van der Waals surface area (Å²) >= 11 is 0. The lowest BCUT2D eigenvalue weighted by Gasteiger charge is -2.15. The van der Waals surface area contributed by atoms with Gasteiger partial charge in [0.1, 0.15) is 5.82 Å². The van der Waals surface area contributed by atoms with Gasteiger partial charge in [0, 0.05) is 50.8 Å². The standard InChI is InChI=1S/C14H19N5/c1-11-8-18(2)14(17-11)12-3-6-19(9-12)10-13-7-15-4-5-16-13/h4-5,7-8,12H,3,6,9-10H2,1-2H3/t12-/m1/s1. The fourth-order valence-electron chi connectivity index (χ4n) is 2.84. The lowest BCUT2D eigenvalue weighted by molar-refractivity contribution is 0.320. The number of hydrogen-bond acceptors (Lipinski definition) is 4. The average Bonchev–Trinajstić information content (AvgIpc) is 2.97. The summed E-state index contributed by atoms with van der Waals surface area (Å²) in [7, 11) is 2.08. The Bertz CT molecular complexity index is 548. The van der Waals surface area contributed by atoms with E-state index in [2.05, 4.69) is 44.6 Å². The Morgan fingerprint density at radius 3 is 2.95 bits per heavy atom. The molecule has 1 aliphatic heterocycles. The van der Waals surface area contributed by atoms with Crippen molar-refractivity contribution in [2.75, 3.05) is 13.1 Å². The highest BCUT2D eigenvalue weighted by Crippen LogP contribution is 2.26. The second kappa shape index (κ2) is 5.09. The smallest absolute Gasteiger partial charge is 0.113 e. The Morgan fingerprint density at radius 2 is 2.26 bits per heavy atom. The second-order valence-electron chi connectivity index (χ2n) is 5.27. The minimum absolute atomic E-state index is 0.537. The largest absolute Gasteiger partial charge is 0.337 e. The van der Waals surface area contributed by atoms with Gasteiger partial charge in [-0.2, -0.15) is 0 Å². The molecule has 2 aromatic rings. The van der Waals surface area contributed by atoms with Crippen LogP contribution in [0.5, 0.6) is 0 Å². The molecule has 1 fully saturated rings. The van der Waals surface area contributed by atoms with Gasteiger partial charge in [0.25, 0.3) is 0 Å². The first-order valence-corrected chi connectivity index (χ1v) is 6.69. The molecule has 0 aliphatic carbocycles. The second-order valence-corrected chi connectivity index (χ2v) is 5.27. The lowest BCUT2D eigenvalue weighted by atomic mass is 10.1. The van der Waals surface area contributed by atoms with Gasteiger partial charge in [0.05, 0.1) is 11.4 Å². The van der Waals surface area contributed by atoms with Crippen molar-refractivity contribution in [2.24, 2.45) is 7.05 Å². The van der Waals surface area contributed by atoms with Gasteiger partial charge in [-0.15, -0.1) is 0 Å². The third-order valence-electron chi connectivity index (χ3n) is 3.67. The van der Waals surface area contributed by atoms with Gasteiger partial charge in [-0.05, 0) is 19.9 Å². The molecule has 5 heteroatoms. The molecule has 19 heavy (non-hydrogen) atoms. The Kier molecular flexibility index (Phi) is 3.29. The Labute approximate surface area is 113 Å². The van der Waals surface area contributed by atoms with Gasteiger partial charge in [-0.1, -0.05) is 0 Å². The minimum atomic E-state index is 0.537. The highest BCUT2D eigenvalue weighted by atomic mass is 15.2. The zero-order valence-electron chi connectivity index (χ0n) is 11.5. The quantitative estimate of drug-likeness (QED) is 0.836. The summed E-state index contributed by atoms with van der Waals surface area (Å²) in [5.74, 6) is 1.74. The average molecular weight is 257 g/mol. The van der Waals surface area contributed by atoms with E-state index in [-0.39, 0.29) is 0 Å². The zero-order chi connectivity index (χ0) is 13.2. The van der Waals surface area contributed by atoms with Crippen LogP contribution in [0.3, 0.4) is 0 Å². The maximum Gasteiger partial charge on any atom is 0.113 e. The molecule has 0 amide bonds. The molecule has 5 nitrogen and oxygen atoms in total. The van der Waals surface area contributed by atoms with E-state index in [9.17, 15) is 0 Å². The van der Waals surface area contributed by atoms with Gasteiger partial charge in [0.2, 0.25) is 0 Å². The van der Waals surface area contributed by atoms with Crippen LogP contribution in [0.25, 0.3) is 0 Å². The highest BCUT2D eigenvalue weighted by Gasteiger charge is 2.27. The SMILES string of the molecule is Cc1cn(C)c([C@@H]2CCN(Cc3cnccn3)C2)n1. The normalized spacial score (nSPS) is 20.0. The first kappa shape index (κ1) is 12.3. The van der Waals surface area contributed by atoms with Crippen LogP contribution < -0.4 is 0 Å². The van der Waals surface area contributed by atoms with E-state index in [0.717, 1.165) is 31.0 Å². The van der Waals surface area contributed by atoms with Gasteiger partial charge in [-0.25, -0.2) is 4.98 Å². The van der Waals surface area contributed by atoms with Crippen molar-refractivity contribution in [2.45, 2.75) is 25.8 Å². The van der Waals surface area contributed by atoms with Crippen LogP contribution in [0.4, 0.5) is 0 Å². The molecule has 0 aromatic carbocycles. The minimum Gasteiger partial charge on any atom is -0.337 e. The number of likely N-dealkylation sites (tertiary alicyclic amines) is 1. The van der Waals surface area contributed by atoms with E-state index in [1.165, 1.54) is 12.2 Å². The van der Waals surface area contributed by atoms with Crippen LogP contribution in [0, 0.1) is 6.92 Å². The van der Waals surface area contributed by atoms with Crippen LogP contribution in [0.1, 0.15) is 29.6 Å². The van der Waals surface area contributed by atoms with Crippen molar-refractivity contribution in [3.63, 3.8) is 0 Å². The molecule has 0 radical (unpaired) electrons. The van der Waals surface area contributed by atoms with Crippen LogP contribution in [0.15, 0.2) is 24.8 Å². The molecule has 3 heterocycles. The molecule has 0 N–H and O–H groups in total. The van der Waals surface area contributed by atoms with E-state index in [0.29, 0.717) is 5.92 Å². The molecule has 0 unspecified atom stereocenters. The molecule has 1 atom stereocenters. The van der Waals surface area contributed by atoms with Gasteiger partial charge in [0.15, 0.2) is 0 Å². The van der Waals surface area contributed by atoms with Crippen LogP contribution in [0.2, 0.25) is 0 Å². The summed E-state index contributed by atoms with van der Waals surface area (Å²) in [5, 5.41) is 0. The van der Waals surface area contributed by atoms with E-state index < -0.39 is 0 Å². The van der Waals surface area contributed by atoms with Crippen molar-refractivity contribution in [1.82, 2.24) is 24.4 Å². The summed E-state index contributed by atoms with van der Waals surface area (Å²) in [6, 6.07) is 0. The Morgan fingerprint density at radius 1 is 1.37 bits per heavy atom. The van der Waals surface area contributed by atoms with Crippen LogP contribution in [-0.4, -0.2) is 37.5 Å². The zero-order valence-corrected chi connectivity index (χ0v) is 11.5. The molecule has 100 valence electrons. The Hall–Kier alpha value is -1.75. The number of imidazole rings is 1. The molecule has 1 saturated heterocycles. The molecule has 0 bridgehead atoms. The molecular weight excluding hydrogens is 238 g/mol. The fourth-order valence-corrected chi connectivity index (χ4v) is 2.84. The predicted molar refractivity (Wildman–Crippen MR) is 72.6 cm³/mol. The summed E-state index contributed by atoms with van der Waals surface area (Å²) in [4.78, 5) is 15.5. The molecule has 3 rings (SSSR count). The van der Waals surface area contributed by atoms with E-state index in [4.69, 9.17) is 0 Å². The molecule has 2 aromatic heterocycles. The number of hydrogen-bond donors (Lipinski definition) is 0. The molecule has 0 spiro atoms. The molecule has 1 aliphatic rings. The number of rotatable bonds is 3. The molecule has 0 saturated carbocycles. The number of nitrogens with zero attached hydrogens (tertiary/aromatic N) is 5. The summed E-state index contributed by atoms with van der Waals surface area (Å²) in [6.45, 7) is 5.09. The van der Waals surface area contributed by atoms with E-state index in [1.54, 1.807) is 12.4 Å². The Balaban J connectivity index is 1.66. The maximum atomic E-state index is 4.64. The molecular formula is C14H19N5. The van der Waals surface area contributed by atoms with Gasteiger partial charge in [-0.3, -0.25) is 14.9 Å². The van der Waals surface area contributed by atoms with Gasteiger partial charge < -0.3 is 4.57 Å². The summed E-state index contributed by atoms with van der Waals surface area (Å²) < 4.78 is 2.16. The number of aromatic nitrogens is 4. The van der Waals surface area contributed by atoms with Crippen LogP contribution in [-0.2, 0) is 13.6 Å². The third kappa shape index (κ3) is 2.66. The van der Waals surface area contributed by atoms with Crippen molar-refractivity contribution >= 4 is 0 Å². The van der Waals surface area contributed by atoms with Crippen molar-refractivity contribution in [3.05, 3.63) is 42.0 Å². The van der Waals surface area contributed by atoms with Crippen molar-refractivity contribution in [3.8, 4) is 0 Å². The monoisotopic (exact) mass is 257 g/mol. The summed E-state index contributed by atoms with van der Waals surface area (Å²) in [6.07, 6.45) is 8.58. The highest BCUT2D eigenvalue weighted by molar-refractivity contribution is 5.09. The first-order valence-electron chi connectivity index (χ1n) is 6.69. The van der Waals surface area contributed by atoms with E-state index >= 15 is 0 Å². The maximum absolute atomic E-state index is 4.64. The van der Waals surface area contributed by atoms with E-state index in [1.807, 2.05) is 6.20 Å². The topological polar surface area (TPSA) is 46.8 Å². The van der Waals surface area contributed by atoms with Crippen LogP contribution >= 0.6 is 0 Å². The fraction of sp³-hybridized carbons (Fsp3) is 0.500. The summed E-state index contributed by atoms with van der Waals surface area (Å²) in [5.41, 5.74) is 2.14. The number of aryl methyl sites for hydroxylation is 2. The predicted octanol–water partition coefficient (Wildman–Crippen LogP) is 1.51. The lowest BCUT2D eigenvalue weighted by Crippen LogP contribution is -2.21. The first-order chi connectivity index (χ1) is 9.22. The van der Waals surface area contributed by atoms with Gasteiger partial charge >= 0.3 is 0 Å². The van der Waals surface area contributed by atoms with Crippen molar-refractivity contribution in [1.29, 1.82) is 0 Å². The van der Waals surface area contributed by atoms with Crippen molar-refractivity contribution < 1.29 is 0 Å². The third-order valence-corrected chi connectivity index (χ3v) is 3.67.